The van der Waals surface area contributed by atoms with E-state index in [1.165, 1.54) is 0 Å². The maximum absolute atomic E-state index is 14.2. The average molecular weight is 472 g/mol. The van der Waals surface area contributed by atoms with Gasteiger partial charge in [-0.25, -0.2) is 0 Å². The predicted octanol–water partition coefficient (Wildman–Crippen LogP) is 3.99. The maximum Gasteiger partial charge on any atom is 0.250 e. The van der Waals surface area contributed by atoms with Crippen molar-refractivity contribution in [1.82, 2.24) is 10.2 Å². The third-order valence-corrected chi connectivity index (χ3v) is 8.94. The van der Waals surface area contributed by atoms with Crippen molar-refractivity contribution in [3.8, 4) is 0 Å². The van der Waals surface area contributed by atoms with E-state index in [4.69, 9.17) is 0 Å². The third-order valence-electron chi connectivity index (χ3n) is 8.94. The molecule has 2 aromatic carbocycles. The molecule has 2 N–H and O–H groups in total. The lowest BCUT2D eigenvalue weighted by molar-refractivity contribution is -0.145. The van der Waals surface area contributed by atoms with E-state index in [1.54, 1.807) is 4.90 Å². The molecular formula is C29H33N3O3. The van der Waals surface area contributed by atoms with Gasteiger partial charge in [0.15, 0.2) is 0 Å². The standard InChI is InChI=1S/C29H33N3O3/c1-17-14-15-21-25(18(17)2)30-28(35)29(21)24-23(22(31-29)16-19-10-6-5-7-11-19)26(33)32(27(24)34)20-12-8-3-4-9-13-20/h5-7,10-11,14-15,20,22-24,31H,3-4,8-9,12-13,16H2,1-2H3,(H,30,35)/t22-,23+,24-,29-/m0/s1. The quantitative estimate of drug-likeness (QED) is 0.524. The van der Waals surface area contributed by atoms with E-state index in [9.17, 15) is 14.4 Å². The molecule has 3 amide bonds. The molecule has 3 aliphatic heterocycles. The minimum absolute atomic E-state index is 0.0544. The number of carbonyl (C=O) groups excluding carboxylic acids is 3. The fraction of sp³-hybridized carbons (Fsp3) is 0.483. The fourth-order valence-electron chi connectivity index (χ4n) is 7.06. The first-order valence-corrected chi connectivity index (χ1v) is 13.0. The van der Waals surface area contributed by atoms with Crippen LogP contribution in [0.15, 0.2) is 42.5 Å². The van der Waals surface area contributed by atoms with Gasteiger partial charge in [0, 0.05) is 23.3 Å². The lowest BCUT2D eigenvalue weighted by atomic mass is 9.75. The molecular weight excluding hydrogens is 438 g/mol. The van der Waals surface area contributed by atoms with Crippen molar-refractivity contribution in [1.29, 1.82) is 0 Å². The van der Waals surface area contributed by atoms with Crippen LogP contribution in [0.1, 0.15) is 60.8 Å². The van der Waals surface area contributed by atoms with Gasteiger partial charge in [-0.15, -0.1) is 0 Å². The Bertz CT molecular complexity index is 1200. The molecule has 4 aliphatic rings. The third kappa shape index (κ3) is 3.22. The van der Waals surface area contributed by atoms with Crippen LogP contribution in [0.25, 0.3) is 0 Å². The Hall–Kier alpha value is -2.99. The van der Waals surface area contributed by atoms with E-state index < -0.39 is 17.4 Å². The highest BCUT2D eigenvalue weighted by Crippen LogP contribution is 2.54. The maximum atomic E-state index is 14.2. The molecule has 1 spiro atoms. The van der Waals surface area contributed by atoms with Gasteiger partial charge in [-0.3, -0.25) is 24.6 Å². The molecule has 3 heterocycles. The van der Waals surface area contributed by atoms with Gasteiger partial charge in [-0.1, -0.05) is 68.1 Å². The average Bonchev–Trinajstić information content (AvgIpc) is 3.31. The Kier molecular flexibility index (Phi) is 5.33. The van der Waals surface area contributed by atoms with E-state index in [2.05, 4.69) is 10.6 Å². The molecule has 6 rings (SSSR count). The first kappa shape index (κ1) is 22.5. The molecule has 3 fully saturated rings. The molecule has 1 aliphatic carbocycles. The molecule has 0 radical (unpaired) electrons. The van der Waals surface area contributed by atoms with Crippen LogP contribution in [0.2, 0.25) is 0 Å². The van der Waals surface area contributed by atoms with Gasteiger partial charge >= 0.3 is 0 Å². The number of rotatable bonds is 3. The fourth-order valence-corrected chi connectivity index (χ4v) is 7.06. The van der Waals surface area contributed by atoms with Crippen LogP contribution in [-0.4, -0.2) is 34.7 Å². The number of carbonyl (C=O) groups is 3. The normalized spacial score (nSPS) is 30.5. The lowest BCUT2D eigenvalue weighted by Gasteiger charge is -2.32. The van der Waals surface area contributed by atoms with Crippen LogP contribution >= 0.6 is 0 Å². The molecule has 0 unspecified atom stereocenters. The summed E-state index contributed by atoms with van der Waals surface area (Å²) in [4.78, 5) is 43.6. The molecule has 35 heavy (non-hydrogen) atoms. The number of hydrogen-bond donors (Lipinski definition) is 2. The summed E-state index contributed by atoms with van der Waals surface area (Å²) in [5, 5.41) is 6.68. The number of aryl methyl sites for hydroxylation is 1. The Morgan fingerprint density at radius 1 is 0.914 bits per heavy atom. The number of amides is 3. The van der Waals surface area contributed by atoms with Gasteiger partial charge in [0.25, 0.3) is 0 Å². The zero-order valence-corrected chi connectivity index (χ0v) is 20.5. The second-order valence-corrected chi connectivity index (χ2v) is 10.8. The zero-order valence-electron chi connectivity index (χ0n) is 20.5. The summed E-state index contributed by atoms with van der Waals surface area (Å²) in [7, 11) is 0. The highest BCUT2D eigenvalue weighted by atomic mass is 16.2. The van der Waals surface area contributed by atoms with E-state index in [-0.39, 0.29) is 29.8 Å². The minimum Gasteiger partial charge on any atom is -0.324 e. The van der Waals surface area contributed by atoms with Crippen LogP contribution < -0.4 is 10.6 Å². The van der Waals surface area contributed by atoms with Crippen molar-refractivity contribution < 1.29 is 14.4 Å². The van der Waals surface area contributed by atoms with Crippen molar-refractivity contribution in [3.63, 3.8) is 0 Å². The number of nitrogens with one attached hydrogen (secondary N) is 2. The highest BCUT2D eigenvalue weighted by Gasteiger charge is 2.70. The summed E-state index contributed by atoms with van der Waals surface area (Å²) < 4.78 is 0. The Balaban J connectivity index is 1.47. The van der Waals surface area contributed by atoms with Crippen LogP contribution in [-0.2, 0) is 26.3 Å². The van der Waals surface area contributed by atoms with Crippen LogP contribution in [0.3, 0.4) is 0 Å². The number of benzene rings is 2. The number of nitrogens with zero attached hydrogens (tertiary/aromatic N) is 1. The summed E-state index contributed by atoms with van der Waals surface area (Å²) in [6.45, 7) is 4.02. The van der Waals surface area contributed by atoms with E-state index >= 15 is 0 Å². The molecule has 0 aromatic heterocycles. The largest absolute Gasteiger partial charge is 0.324 e. The number of hydrogen-bond acceptors (Lipinski definition) is 4. The van der Waals surface area contributed by atoms with Crippen molar-refractivity contribution >= 4 is 23.4 Å². The van der Waals surface area contributed by atoms with Crippen molar-refractivity contribution in [3.05, 3.63) is 64.7 Å². The van der Waals surface area contributed by atoms with Crippen molar-refractivity contribution in [2.24, 2.45) is 11.8 Å². The van der Waals surface area contributed by atoms with Gasteiger partial charge in [0.05, 0.1) is 11.8 Å². The number of fused-ring (bicyclic) bond motifs is 4. The molecule has 6 nitrogen and oxygen atoms in total. The summed E-state index contributed by atoms with van der Waals surface area (Å²) >= 11 is 0. The monoisotopic (exact) mass is 471 g/mol. The lowest BCUT2D eigenvalue weighted by Crippen LogP contribution is -2.54. The molecule has 182 valence electrons. The molecule has 6 heteroatoms. The van der Waals surface area contributed by atoms with Crippen LogP contribution in [0, 0.1) is 25.7 Å². The molecule has 1 saturated carbocycles. The van der Waals surface area contributed by atoms with E-state index in [0.29, 0.717) is 6.42 Å². The first-order valence-electron chi connectivity index (χ1n) is 13.0. The second kappa shape index (κ2) is 8.30. The summed E-state index contributed by atoms with van der Waals surface area (Å²) in [6, 6.07) is 13.7. The Morgan fingerprint density at radius 2 is 1.63 bits per heavy atom. The Labute approximate surface area is 206 Å². The van der Waals surface area contributed by atoms with Gasteiger partial charge in [-0.05, 0) is 49.8 Å². The van der Waals surface area contributed by atoms with Crippen LogP contribution in [0.5, 0.6) is 0 Å². The SMILES string of the molecule is Cc1ccc2c(c1C)NC(=O)[C@]21N[C@@H](Cc2ccccc2)[C@H]2C(=O)N(C3CCCCCC3)C(=O)[C@H]21. The van der Waals surface area contributed by atoms with Gasteiger partial charge in [0.1, 0.15) is 5.54 Å². The first-order chi connectivity index (χ1) is 16.9. The number of imide groups is 1. The summed E-state index contributed by atoms with van der Waals surface area (Å²) in [5.74, 6) is -1.76. The van der Waals surface area contributed by atoms with E-state index in [1.807, 2.05) is 56.3 Å². The van der Waals surface area contributed by atoms with Gasteiger partial charge < -0.3 is 5.32 Å². The van der Waals surface area contributed by atoms with Crippen molar-refractivity contribution in [2.75, 3.05) is 5.32 Å². The highest BCUT2D eigenvalue weighted by molar-refractivity contribution is 6.15. The second-order valence-electron chi connectivity index (χ2n) is 10.8. The number of likely N-dealkylation sites (tertiary alicyclic amines) is 1. The van der Waals surface area contributed by atoms with Gasteiger partial charge in [0.2, 0.25) is 17.7 Å². The zero-order chi connectivity index (χ0) is 24.3. The predicted molar refractivity (Wildman–Crippen MR) is 134 cm³/mol. The molecule has 2 aromatic rings. The van der Waals surface area contributed by atoms with E-state index in [0.717, 1.165) is 66.5 Å². The molecule has 2 saturated heterocycles. The topological polar surface area (TPSA) is 78.5 Å². The molecule has 0 bridgehead atoms. The minimum atomic E-state index is -1.22. The molecule has 4 atom stereocenters. The summed E-state index contributed by atoms with van der Waals surface area (Å²) in [6.07, 6.45) is 6.69. The summed E-state index contributed by atoms with van der Waals surface area (Å²) in [5.41, 5.74) is 3.56. The van der Waals surface area contributed by atoms with Crippen molar-refractivity contribution in [2.45, 2.75) is 76.4 Å². The van der Waals surface area contributed by atoms with Gasteiger partial charge in [-0.2, -0.15) is 0 Å². The van der Waals surface area contributed by atoms with Crippen LogP contribution in [0.4, 0.5) is 5.69 Å². The Morgan fingerprint density at radius 3 is 2.34 bits per heavy atom. The smallest absolute Gasteiger partial charge is 0.250 e. The number of anilines is 1.